The van der Waals surface area contributed by atoms with Gasteiger partial charge in [0.1, 0.15) is 34.9 Å². The van der Waals surface area contributed by atoms with Crippen LogP contribution in [0.4, 0.5) is 18.9 Å². The summed E-state index contributed by atoms with van der Waals surface area (Å²) >= 11 is 5.67. The molecule has 4 rings (SSSR count). The van der Waals surface area contributed by atoms with Crippen LogP contribution in [-0.2, 0) is 11.3 Å². The van der Waals surface area contributed by atoms with Crippen LogP contribution in [0.1, 0.15) is 6.42 Å². The van der Waals surface area contributed by atoms with Crippen LogP contribution >= 0.6 is 11.6 Å². The number of fused-ring (bicyclic) bond motifs is 1. The minimum Gasteiger partial charge on any atom is -0.335 e. The molecule has 2 heterocycles. The van der Waals surface area contributed by atoms with Gasteiger partial charge in [0.15, 0.2) is 0 Å². The smallest absolute Gasteiger partial charge is 0.266 e. The molecule has 2 aromatic heterocycles. The summed E-state index contributed by atoms with van der Waals surface area (Å²) in [6, 6.07) is 6.49. The molecule has 0 spiro atoms. The van der Waals surface area contributed by atoms with Crippen molar-refractivity contribution in [3.63, 3.8) is 0 Å². The zero-order valence-corrected chi connectivity index (χ0v) is 16.3. The van der Waals surface area contributed by atoms with Gasteiger partial charge in [-0.15, -0.1) is 0 Å². The van der Waals surface area contributed by atoms with Crippen molar-refractivity contribution in [3.05, 3.63) is 75.6 Å². The van der Waals surface area contributed by atoms with E-state index in [9.17, 15) is 22.8 Å². The first-order chi connectivity index (χ1) is 14.8. The average Bonchev–Trinajstić information content (AvgIpc) is 3.14. The molecule has 0 radical (unpaired) electrons. The molecule has 0 atom stereocenters. The zero-order chi connectivity index (χ0) is 22.1. The maximum Gasteiger partial charge on any atom is 0.266 e. The number of aryl methyl sites for hydroxylation is 1. The van der Waals surface area contributed by atoms with Crippen LogP contribution in [0.3, 0.4) is 0 Å². The van der Waals surface area contributed by atoms with Gasteiger partial charge < -0.3 is 9.84 Å². The molecular weight excluding hydrogens is 437 g/mol. The quantitative estimate of drug-likeness (QED) is 0.495. The lowest BCUT2D eigenvalue weighted by molar-refractivity contribution is -0.116. The SMILES string of the molecule is O=C(CCn1cnc2onc(-c3cc(F)cc(F)c3)c2c1=O)Nc1ccc(Cl)cc1F. The molecule has 11 heteroatoms. The van der Waals surface area contributed by atoms with E-state index in [-0.39, 0.29) is 46.0 Å². The number of nitrogens with zero attached hydrogens (tertiary/aromatic N) is 3. The van der Waals surface area contributed by atoms with Crippen LogP contribution in [0.15, 0.2) is 52.0 Å². The first-order valence-corrected chi connectivity index (χ1v) is 9.26. The van der Waals surface area contributed by atoms with Gasteiger partial charge in [-0.25, -0.2) is 18.2 Å². The fraction of sp³-hybridized carbons (Fsp3) is 0.100. The van der Waals surface area contributed by atoms with Gasteiger partial charge in [-0.05, 0) is 30.3 Å². The summed E-state index contributed by atoms with van der Waals surface area (Å²) < 4.78 is 47.0. The number of rotatable bonds is 5. The molecule has 0 fully saturated rings. The molecule has 0 aliphatic carbocycles. The Morgan fingerprint density at radius 2 is 1.87 bits per heavy atom. The van der Waals surface area contributed by atoms with E-state index in [1.165, 1.54) is 12.1 Å². The summed E-state index contributed by atoms with van der Waals surface area (Å²) in [5, 5.41) is 6.19. The van der Waals surface area contributed by atoms with Crippen molar-refractivity contribution in [1.82, 2.24) is 14.7 Å². The largest absolute Gasteiger partial charge is 0.335 e. The lowest BCUT2D eigenvalue weighted by atomic mass is 10.1. The monoisotopic (exact) mass is 448 g/mol. The number of carbonyl (C=O) groups excluding carboxylic acids is 1. The van der Waals surface area contributed by atoms with Gasteiger partial charge in [-0.2, -0.15) is 0 Å². The van der Waals surface area contributed by atoms with Crippen LogP contribution in [0, 0.1) is 17.5 Å². The van der Waals surface area contributed by atoms with Crippen LogP contribution in [-0.4, -0.2) is 20.6 Å². The Morgan fingerprint density at radius 1 is 1.13 bits per heavy atom. The zero-order valence-electron chi connectivity index (χ0n) is 15.5. The Hall–Kier alpha value is -3.66. The van der Waals surface area contributed by atoms with E-state index in [0.717, 1.165) is 29.1 Å². The van der Waals surface area contributed by atoms with Crippen molar-refractivity contribution in [2.24, 2.45) is 0 Å². The van der Waals surface area contributed by atoms with E-state index < -0.39 is 28.9 Å². The highest BCUT2D eigenvalue weighted by molar-refractivity contribution is 6.30. The van der Waals surface area contributed by atoms with Crippen molar-refractivity contribution in [2.75, 3.05) is 5.32 Å². The Balaban J connectivity index is 1.58. The highest BCUT2D eigenvalue weighted by Crippen LogP contribution is 2.26. The van der Waals surface area contributed by atoms with E-state index in [0.29, 0.717) is 6.07 Å². The third-order valence-electron chi connectivity index (χ3n) is 4.38. The van der Waals surface area contributed by atoms with E-state index in [1.54, 1.807) is 0 Å². The van der Waals surface area contributed by atoms with Gasteiger partial charge in [0.25, 0.3) is 11.3 Å². The van der Waals surface area contributed by atoms with Gasteiger partial charge in [0.2, 0.25) is 5.91 Å². The molecule has 0 saturated carbocycles. The highest BCUT2D eigenvalue weighted by atomic mass is 35.5. The number of hydrogen-bond acceptors (Lipinski definition) is 5. The number of anilines is 1. The third kappa shape index (κ3) is 4.29. The van der Waals surface area contributed by atoms with E-state index in [4.69, 9.17) is 16.1 Å². The predicted molar refractivity (Wildman–Crippen MR) is 106 cm³/mol. The Bertz CT molecular complexity index is 1350. The van der Waals surface area contributed by atoms with E-state index in [1.807, 2.05) is 0 Å². The molecule has 0 bridgehead atoms. The minimum absolute atomic E-state index is 0.00357. The van der Waals surface area contributed by atoms with Crippen molar-refractivity contribution < 1.29 is 22.5 Å². The number of halogens is 4. The first kappa shape index (κ1) is 20.6. The van der Waals surface area contributed by atoms with E-state index in [2.05, 4.69) is 15.5 Å². The van der Waals surface area contributed by atoms with Gasteiger partial charge in [-0.3, -0.25) is 14.2 Å². The maximum atomic E-state index is 13.8. The van der Waals surface area contributed by atoms with Crippen molar-refractivity contribution in [1.29, 1.82) is 0 Å². The lowest BCUT2D eigenvalue weighted by Crippen LogP contribution is -2.23. The van der Waals surface area contributed by atoms with Gasteiger partial charge in [-0.1, -0.05) is 16.8 Å². The minimum atomic E-state index is -0.846. The summed E-state index contributed by atoms with van der Waals surface area (Å²) in [6.07, 6.45) is 0.978. The molecule has 0 unspecified atom stereocenters. The third-order valence-corrected chi connectivity index (χ3v) is 4.62. The molecule has 7 nitrogen and oxygen atoms in total. The standard InChI is InChI=1S/C20H12ClF3N4O3/c21-11-1-2-15(14(24)7-11)26-16(29)3-4-28-9-25-19-17(20(28)30)18(27-31-19)10-5-12(22)8-13(23)6-10/h1-2,5-9H,3-4H2,(H,26,29). The summed E-state index contributed by atoms with van der Waals surface area (Å²) in [5.41, 5.74) is -0.855. The number of carbonyl (C=O) groups is 1. The van der Waals surface area contributed by atoms with Crippen LogP contribution in [0.25, 0.3) is 22.4 Å². The molecule has 0 saturated heterocycles. The van der Waals surface area contributed by atoms with Gasteiger partial charge >= 0.3 is 0 Å². The molecule has 2 aromatic carbocycles. The molecular formula is C20H12ClF3N4O3. The number of aromatic nitrogens is 3. The topological polar surface area (TPSA) is 90.0 Å². The summed E-state index contributed by atoms with van der Waals surface area (Å²) in [6.45, 7) is -0.0923. The van der Waals surface area contributed by atoms with Crippen LogP contribution in [0.5, 0.6) is 0 Å². The van der Waals surface area contributed by atoms with Crippen LogP contribution < -0.4 is 10.9 Å². The second-order valence-corrected chi connectivity index (χ2v) is 6.97. The van der Waals surface area contributed by atoms with Crippen molar-refractivity contribution in [2.45, 2.75) is 13.0 Å². The Morgan fingerprint density at radius 3 is 2.58 bits per heavy atom. The molecule has 0 aliphatic rings. The lowest BCUT2D eigenvalue weighted by Gasteiger charge is -2.08. The molecule has 4 aromatic rings. The van der Waals surface area contributed by atoms with Crippen molar-refractivity contribution >= 4 is 34.3 Å². The molecule has 1 N–H and O–H groups in total. The summed E-state index contributed by atoms with van der Waals surface area (Å²) in [7, 11) is 0. The molecule has 0 aliphatic heterocycles. The maximum absolute atomic E-state index is 13.8. The number of nitrogens with one attached hydrogen (secondary N) is 1. The predicted octanol–water partition coefficient (Wildman–Crippen LogP) is 4.15. The Labute approximate surface area is 177 Å². The normalized spacial score (nSPS) is 11.1. The second-order valence-electron chi connectivity index (χ2n) is 6.53. The fourth-order valence-electron chi connectivity index (χ4n) is 2.95. The highest BCUT2D eigenvalue weighted by Gasteiger charge is 2.18. The summed E-state index contributed by atoms with van der Waals surface area (Å²) in [5.74, 6) is -2.94. The number of benzene rings is 2. The average molecular weight is 449 g/mol. The summed E-state index contributed by atoms with van der Waals surface area (Å²) in [4.78, 5) is 29.0. The fourth-order valence-corrected chi connectivity index (χ4v) is 3.11. The first-order valence-electron chi connectivity index (χ1n) is 8.88. The second kappa shape index (κ2) is 8.23. The number of amides is 1. The molecule has 158 valence electrons. The molecule has 1 amide bonds. The van der Waals surface area contributed by atoms with Crippen molar-refractivity contribution in [3.8, 4) is 11.3 Å². The van der Waals surface area contributed by atoms with Gasteiger partial charge in [0.05, 0.1) is 5.69 Å². The van der Waals surface area contributed by atoms with Crippen LogP contribution in [0.2, 0.25) is 5.02 Å². The molecule has 31 heavy (non-hydrogen) atoms. The number of hydrogen-bond donors (Lipinski definition) is 1. The van der Waals surface area contributed by atoms with E-state index >= 15 is 0 Å². The van der Waals surface area contributed by atoms with Gasteiger partial charge in [0, 0.05) is 29.6 Å². The Kier molecular flexibility index (Phi) is 5.47.